The molecule has 0 aliphatic heterocycles. The highest BCUT2D eigenvalue weighted by Gasteiger charge is 2.11. The quantitative estimate of drug-likeness (QED) is 0.341. The number of benzene rings is 3. The Hall–Kier alpha value is -3.76. The van der Waals surface area contributed by atoms with Gasteiger partial charge in [-0.2, -0.15) is 0 Å². The molecule has 1 aromatic heterocycles. The normalized spacial score (nSPS) is 11.2. The molecule has 0 aliphatic rings. The molecule has 2 amide bonds. The lowest BCUT2D eigenvalue weighted by atomic mass is 10.1. The van der Waals surface area contributed by atoms with E-state index in [4.69, 9.17) is 0 Å². The van der Waals surface area contributed by atoms with E-state index >= 15 is 0 Å². The molecule has 8 nitrogen and oxygen atoms in total. The van der Waals surface area contributed by atoms with Gasteiger partial charge in [0, 0.05) is 35.2 Å². The molecule has 0 aliphatic carbocycles. The standard InChI is InChI=1S/C24H22N4O4S2/c1-34(31,32)28-20-10-8-17(9-11-20)21-15-33-24(26-21)27-22(29)12-13-25-23(30)19-7-6-16-4-2-3-5-18(16)14-19/h2-11,14-15,28H,12-13H2,1H3,(H,25,30)(H,26,27,29). The Kier molecular flexibility index (Phi) is 6.90. The number of hydrogen-bond donors (Lipinski definition) is 3. The van der Waals surface area contributed by atoms with Crippen molar-refractivity contribution >= 4 is 54.8 Å². The molecule has 0 spiro atoms. The number of rotatable bonds is 8. The van der Waals surface area contributed by atoms with Crippen LogP contribution in [0.4, 0.5) is 10.8 Å². The first-order valence-corrected chi connectivity index (χ1v) is 13.1. The fourth-order valence-corrected chi connectivity index (χ4v) is 4.59. The van der Waals surface area contributed by atoms with E-state index < -0.39 is 10.0 Å². The van der Waals surface area contributed by atoms with Crippen LogP contribution in [0.2, 0.25) is 0 Å². The molecule has 10 heteroatoms. The Morgan fingerprint density at radius 1 is 0.971 bits per heavy atom. The maximum absolute atomic E-state index is 12.4. The summed E-state index contributed by atoms with van der Waals surface area (Å²) in [7, 11) is -3.34. The Balaban J connectivity index is 1.27. The number of nitrogens with one attached hydrogen (secondary N) is 3. The smallest absolute Gasteiger partial charge is 0.251 e. The van der Waals surface area contributed by atoms with Crippen molar-refractivity contribution in [2.24, 2.45) is 0 Å². The fourth-order valence-electron chi connectivity index (χ4n) is 3.29. The van der Waals surface area contributed by atoms with Gasteiger partial charge in [-0.15, -0.1) is 11.3 Å². The number of fused-ring (bicyclic) bond motifs is 1. The van der Waals surface area contributed by atoms with Crippen LogP contribution in [0.25, 0.3) is 22.0 Å². The Morgan fingerprint density at radius 2 is 1.71 bits per heavy atom. The second kappa shape index (κ2) is 10.0. The SMILES string of the molecule is CS(=O)(=O)Nc1ccc(-c2csc(NC(=O)CCNC(=O)c3ccc4ccccc4c3)n2)cc1. The van der Waals surface area contributed by atoms with Crippen molar-refractivity contribution in [3.63, 3.8) is 0 Å². The lowest BCUT2D eigenvalue weighted by Crippen LogP contribution is -2.27. The molecule has 3 aromatic carbocycles. The van der Waals surface area contributed by atoms with Crippen molar-refractivity contribution in [3.05, 3.63) is 77.7 Å². The molecule has 4 aromatic rings. The van der Waals surface area contributed by atoms with E-state index in [0.29, 0.717) is 22.1 Å². The summed E-state index contributed by atoms with van der Waals surface area (Å²) in [6.45, 7) is 0.199. The Bertz CT molecular complexity index is 1450. The van der Waals surface area contributed by atoms with Crippen molar-refractivity contribution < 1.29 is 18.0 Å². The molecule has 0 saturated heterocycles. The molecular formula is C24H22N4O4S2. The fraction of sp³-hybridized carbons (Fsp3) is 0.125. The van der Waals surface area contributed by atoms with Gasteiger partial charge in [-0.25, -0.2) is 13.4 Å². The molecule has 34 heavy (non-hydrogen) atoms. The van der Waals surface area contributed by atoms with Gasteiger partial charge in [0.15, 0.2) is 5.13 Å². The third kappa shape index (κ3) is 6.18. The summed E-state index contributed by atoms with van der Waals surface area (Å²) in [6, 6.07) is 20.1. The lowest BCUT2D eigenvalue weighted by molar-refractivity contribution is -0.116. The Labute approximate surface area is 201 Å². The second-order valence-electron chi connectivity index (χ2n) is 7.61. The zero-order chi connectivity index (χ0) is 24.1. The first-order chi connectivity index (χ1) is 16.3. The zero-order valence-electron chi connectivity index (χ0n) is 18.2. The van der Waals surface area contributed by atoms with Crippen molar-refractivity contribution in [2.75, 3.05) is 22.8 Å². The maximum Gasteiger partial charge on any atom is 0.251 e. The summed E-state index contributed by atoms with van der Waals surface area (Å²) < 4.78 is 25.0. The summed E-state index contributed by atoms with van der Waals surface area (Å²) in [5, 5.41) is 9.79. The van der Waals surface area contributed by atoms with Crippen molar-refractivity contribution in [2.45, 2.75) is 6.42 Å². The number of carbonyl (C=O) groups is 2. The summed E-state index contributed by atoms with van der Waals surface area (Å²) in [5.74, 6) is -0.490. The van der Waals surface area contributed by atoms with Crippen LogP contribution >= 0.6 is 11.3 Å². The predicted octanol–water partition coefficient (Wildman–Crippen LogP) is 4.09. The van der Waals surface area contributed by atoms with Crippen molar-refractivity contribution in [1.82, 2.24) is 10.3 Å². The average Bonchev–Trinajstić information content (AvgIpc) is 3.26. The van der Waals surface area contributed by atoms with E-state index in [0.717, 1.165) is 22.6 Å². The van der Waals surface area contributed by atoms with Gasteiger partial charge in [-0.1, -0.05) is 42.5 Å². The molecule has 0 atom stereocenters. The van der Waals surface area contributed by atoms with E-state index in [-0.39, 0.29) is 24.8 Å². The zero-order valence-corrected chi connectivity index (χ0v) is 19.9. The van der Waals surface area contributed by atoms with Gasteiger partial charge >= 0.3 is 0 Å². The minimum atomic E-state index is -3.34. The van der Waals surface area contributed by atoms with Crippen LogP contribution in [0.3, 0.4) is 0 Å². The van der Waals surface area contributed by atoms with Crippen molar-refractivity contribution in [3.8, 4) is 11.3 Å². The monoisotopic (exact) mass is 494 g/mol. The average molecular weight is 495 g/mol. The highest BCUT2D eigenvalue weighted by atomic mass is 32.2. The summed E-state index contributed by atoms with van der Waals surface area (Å²) in [5.41, 5.74) is 2.46. The molecule has 0 radical (unpaired) electrons. The molecule has 0 fully saturated rings. The highest BCUT2D eigenvalue weighted by molar-refractivity contribution is 7.92. The Morgan fingerprint density at radius 3 is 2.44 bits per heavy atom. The van der Waals surface area contributed by atoms with E-state index in [9.17, 15) is 18.0 Å². The highest BCUT2D eigenvalue weighted by Crippen LogP contribution is 2.26. The van der Waals surface area contributed by atoms with E-state index in [1.807, 2.05) is 36.4 Å². The van der Waals surface area contributed by atoms with Gasteiger partial charge < -0.3 is 10.6 Å². The van der Waals surface area contributed by atoms with Crippen LogP contribution in [0.1, 0.15) is 16.8 Å². The largest absolute Gasteiger partial charge is 0.352 e. The number of sulfonamides is 1. The predicted molar refractivity (Wildman–Crippen MR) is 136 cm³/mol. The number of aromatic nitrogens is 1. The maximum atomic E-state index is 12.4. The number of amides is 2. The van der Waals surface area contributed by atoms with Crippen LogP contribution in [-0.4, -0.2) is 38.0 Å². The lowest BCUT2D eigenvalue weighted by Gasteiger charge is -2.06. The molecule has 3 N–H and O–H groups in total. The summed E-state index contributed by atoms with van der Waals surface area (Å²) >= 11 is 1.28. The van der Waals surface area contributed by atoms with Gasteiger partial charge in [0.2, 0.25) is 15.9 Å². The molecular weight excluding hydrogens is 472 g/mol. The minimum Gasteiger partial charge on any atom is -0.352 e. The minimum absolute atomic E-state index is 0.111. The first-order valence-electron chi connectivity index (χ1n) is 10.4. The molecule has 0 bridgehead atoms. The van der Waals surface area contributed by atoms with Crippen LogP contribution in [-0.2, 0) is 14.8 Å². The molecule has 0 saturated carbocycles. The second-order valence-corrected chi connectivity index (χ2v) is 10.2. The van der Waals surface area contributed by atoms with E-state index in [1.165, 1.54) is 11.3 Å². The van der Waals surface area contributed by atoms with Crippen LogP contribution in [0.15, 0.2) is 72.1 Å². The number of anilines is 2. The van der Waals surface area contributed by atoms with Gasteiger partial charge in [0.25, 0.3) is 5.91 Å². The summed E-state index contributed by atoms with van der Waals surface area (Å²) in [6.07, 6.45) is 1.20. The molecule has 174 valence electrons. The third-order valence-electron chi connectivity index (χ3n) is 4.88. The number of hydrogen-bond acceptors (Lipinski definition) is 6. The van der Waals surface area contributed by atoms with Crippen molar-refractivity contribution in [1.29, 1.82) is 0 Å². The van der Waals surface area contributed by atoms with Crippen LogP contribution in [0, 0.1) is 0 Å². The summed E-state index contributed by atoms with van der Waals surface area (Å²) in [4.78, 5) is 29.1. The molecule has 4 rings (SSSR count). The van der Waals surface area contributed by atoms with Gasteiger partial charge in [-0.05, 0) is 35.0 Å². The third-order valence-corrected chi connectivity index (χ3v) is 6.25. The first kappa shape index (κ1) is 23.4. The van der Waals surface area contributed by atoms with E-state index in [1.54, 1.807) is 35.7 Å². The van der Waals surface area contributed by atoms with Gasteiger partial charge in [0.05, 0.1) is 11.9 Å². The number of carbonyl (C=O) groups excluding carboxylic acids is 2. The van der Waals surface area contributed by atoms with Crippen LogP contribution in [0.5, 0.6) is 0 Å². The number of thiazole rings is 1. The number of nitrogens with zero attached hydrogens (tertiary/aromatic N) is 1. The van der Waals surface area contributed by atoms with Gasteiger partial charge in [0.1, 0.15) is 0 Å². The van der Waals surface area contributed by atoms with Crippen LogP contribution < -0.4 is 15.4 Å². The topological polar surface area (TPSA) is 117 Å². The van der Waals surface area contributed by atoms with E-state index in [2.05, 4.69) is 20.3 Å². The van der Waals surface area contributed by atoms with Gasteiger partial charge in [-0.3, -0.25) is 14.3 Å². The molecule has 0 unspecified atom stereocenters. The molecule has 1 heterocycles.